The van der Waals surface area contributed by atoms with Crippen molar-refractivity contribution in [1.82, 2.24) is 5.32 Å². The maximum Gasteiger partial charge on any atom is 0.146 e. The molecule has 0 fully saturated rings. The van der Waals surface area contributed by atoms with Crippen LogP contribution in [-0.2, 0) is 13.2 Å². The van der Waals surface area contributed by atoms with Crippen LogP contribution in [0.25, 0.3) is 0 Å². The maximum absolute atomic E-state index is 13.0. The molecule has 0 aliphatic rings. The molecule has 1 aromatic heterocycles. The van der Waals surface area contributed by atoms with Gasteiger partial charge in [-0.1, -0.05) is 6.92 Å². The van der Waals surface area contributed by atoms with Crippen LogP contribution in [0.2, 0.25) is 0 Å². The van der Waals surface area contributed by atoms with Gasteiger partial charge in [-0.3, -0.25) is 0 Å². The van der Waals surface area contributed by atoms with Crippen molar-refractivity contribution in [1.29, 1.82) is 0 Å². The highest BCUT2D eigenvalue weighted by Gasteiger charge is 2.08. The monoisotopic (exact) mass is 263 g/mol. The number of aryl methyl sites for hydroxylation is 1. The second kappa shape index (κ2) is 6.38. The zero-order valence-electron chi connectivity index (χ0n) is 11.2. The molecule has 2 rings (SSSR count). The van der Waals surface area contributed by atoms with Gasteiger partial charge in [0, 0.05) is 12.1 Å². The number of hydrogen-bond acceptors (Lipinski definition) is 3. The first-order valence-electron chi connectivity index (χ1n) is 6.35. The number of benzene rings is 1. The van der Waals surface area contributed by atoms with E-state index in [1.165, 1.54) is 12.1 Å². The van der Waals surface area contributed by atoms with Crippen LogP contribution in [0.1, 0.15) is 23.8 Å². The molecule has 0 saturated heterocycles. The van der Waals surface area contributed by atoms with Gasteiger partial charge in [-0.2, -0.15) is 0 Å². The molecule has 0 amide bonds. The Morgan fingerprint density at radius 2 is 2.16 bits per heavy atom. The lowest BCUT2D eigenvalue weighted by Gasteiger charge is -2.09. The zero-order valence-corrected chi connectivity index (χ0v) is 11.2. The molecule has 0 saturated carbocycles. The van der Waals surface area contributed by atoms with Gasteiger partial charge in [0.1, 0.15) is 23.9 Å². The summed E-state index contributed by atoms with van der Waals surface area (Å²) >= 11 is 0. The Balaban J connectivity index is 2.00. The highest BCUT2D eigenvalue weighted by Crippen LogP contribution is 2.21. The average Bonchev–Trinajstić information content (AvgIpc) is 2.83. The zero-order chi connectivity index (χ0) is 13.7. The van der Waals surface area contributed by atoms with Crippen LogP contribution < -0.4 is 10.1 Å². The molecular weight excluding hydrogens is 245 g/mol. The summed E-state index contributed by atoms with van der Waals surface area (Å²) in [4.78, 5) is 0. The van der Waals surface area contributed by atoms with E-state index in [-0.39, 0.29) is 5.82 Å². The summed E-state index contributed by atoms with van der Waals surface area (Å²) < 4.78 is 24.1. The molecule has 0 aliphatic carbocycles. The lowest BCUT2D eigenvalue weighted by molar-refractivity contribution is 0.266. The summed E-state index contributed by atoms with van der Waals surface area (Å²) in [6, 6.07) is 6.41. The first kappa shape index (κ1) is 13.6. The van der Waals surface area contributed by atoms with E-state index < -0.39 is 0 Å². The van der Waals surface area contributed by atoms with E-state index in [2.05, 4.69) is 12.2 Å². The topological polar surface area (TPSA) is 34.4 Å². The number of hydrogen-bond donors (Lipinski definition) is 1. The Labute approximate surface area is 112 Å². The Morgan fingerprint density at radius 1 is 1.32 bits per heavy atom. The summed E-state index contributed by atoms with van der Waals surface area (Å²) in [7, 11) is 0. The second-order valence-corrected chi connectivity index (χ2v) is 4.35. The van der Waals surface area contributed by atoms with E-state index in [1.54, 1.807) is 12.3 Å². The third-order valence-electron chi connectivity index (χ3n) is 2.90. The molecule has 0 aliphatic heterocycles. The first-order valence-corrected chi connectivity index (χ1v) is 6.35. The van der Waals surface area contributed by atoms with E-state index in [0.29, 0.717) is 12.4 Å². The third kappa shape index (κ3) is 3.58. The molecule has 0 spiro atoms. The lowest BCUT2D eigenvalue weighted by Crippen LogP contribution is -2.12. The van der Waals surface area contributed by atoms with Gasteiger partial charge >= 0.3 is 0 Å². The minimum absolute atomic E-state index is 0.254. The summed E-state index contributed by atoms with van der Waals surface area (Å²) in [5.41, 5.74) is 1.86. The summed E-state index contributed by atoms with van der Waals surface area (Å²) in [5, 5.41) is 3.24. The second-order valence-electron chi connectivity index (χ2n) is 4.35. The molecule has 1 N–H and O–H groups in total. The molecule has 0 unspecified atom stereocenters. The van der Waals surface area contributed by atoms with Gasteiger partial charge in [0.05, 0.1) is 6.26 Å². The molecule has 102 valence electrons. The Morgan fingerprint density at radius 3 is 2.89 bits per heavy atom. The molecule has 1 heterocycles. The number of ether oxygens (including phenoxy) is 1. The van der Waals surface area contributed by atoms with Crippen molar-refractivity contribution in [3.8, 4) is 5.75 Å². The van der Waals surface area contributed by atoms with Gasteiger partial charge in [0.15, 0.2) is 0 Å². The quantitative estimate of drug-likeness (QED) is 0.867. The number of nitrogens with one attached hydrogen (secondary N) is 1. The molecule has 4 heteroatoms. The van der Waals surface area contributed by atoms with Crippen molar-refractivity contribution in [2.45, 2.75) is 27.0 Å². The largest absolute Gasteiger partial charge is 0.485 e. The van der Waals surface area contributed by atoms with Gasteiger partial charge in [-0.05, 0) is 43.3 Å². The van der Waals surface area contributed by atoms with Crippen molar-refractivity contribution in [3.05, 3.63) is 53.2 Å². The lowest BCUT2D eigenvalue weighted by atomic mass is 10.2. The first-order chi connectivity index (χ1) is 9.20. The molecule has 0 bridgehead atoms. The highest BCUT2D eigenvalue weighted by atomic mass is 19.1. The van der Waals surface area contributed by atoms with Crippen LogP contribution in [0.15, 0.2) is 34.9 Å². The molecule has 0 atom stereocenters. The maximum atomic E-state index is 13.0. The van der Waals surface area contributed by atoms with Crippen LogP contribution in [0.4, 0.5) is 4.39 Å². The van der Waals surface area contributed by atoms with Crippen molar-refractivity contribution < 1.29 is 13.5 Å². The van der Waals surface area contributed by atoms with Gasteiger partial charge < -0.3 is 14.5 Å². The van der Waals surface area contributed by atoms with Gasteiger partial charge in [0.25, 0.3) is 0 Å². The molecule has 0 radical (unpaired) electrons. The molecule has 1 aromatic carbocycles. The summed E-state index contributed by atoms with van der Waals surface area (Å²) in [6.45, 7) is 5.88. The fraction of sp³-hybridized carbons (Fsp3) is 0.333. The number of halogens is 1. The Bertz CT molecular complexity index is 537. The van der Waals surface area contributed by atoms with Crippen LogP contribution in [0.3, 0.4) is 0 Å². The van der Waals surface area contributed by atoms with Crippen molar-refractivity contribution in [2.24, 2.45) is 0 Å². The minimum atomic E-state index is -0.254. The van der Waals surface area contributed by atoms with E-state index in [0.717, 1.165) is 30.0 Å². The van der Waals surface area contributed by atoms with Gasteiger partial charge in [-0.25, -0.2) is 4.39 Å². The number of furan rings is 1. The Kier molecular flexibility index (Phi) is 4.58. The van der Waals surface area contributed by atoms with E-state index in [1.807, 2.05) is 13.0 Å². The van der Waals surface area contributed by atoms with Crippen LogP contribution >= 0.6 is 0 Å². The summed E-state index contributed by atoms with van der Waals surface area (Å²) in [5.74, 6) is 1.22. The molecule has 19 heavy (non-hydrogen) atoms. The highest BCUT2D eigenvalue weighted by molar-refractivity contribution is 5.32. The van der Waals surface area contributed by atoms with E-state index in [4.69, 9.17) is 9.15 Å². The van der Waals surface area contributed by atoms with Gasteiger partial charge in [0.2, 0.25) is 0 Å². The van der Waals surface area contributed by atoms with E-state index >= 15 is 0 Å². The predicted molar refractivity (Wildman–Crippen MR) is 71.6 cm³/mol. The smallest absolute Gasteiger partial charge is 0.146 e. The van der Waals surface area contributed by atoms with Crippen LogP contribution in [0, 0.1) is 12.7 Å². The standard InChI is InChI=1S/C15H18FNO2/c1-3-17-9-12-6-7-18-15(12)10-19-14-5-4-13(16)8-11(14)2/h4-8,17H,3,9-10H2,1-2H3. The van der Waals surface area contributed by atoms with Crippen LogP contribution in [0.5, 0.6) is 5.75 Å². The SMILES string of the molecule is CCNCc1ccoc1COc1ccc(F)cc1C. The molecule has 2 aromatic rings. The van der Waals surface area contributed by atoms with Crippen molar-refractivity contribution in [2.75, 3.05) is 6.54 Å². The fourth-order valence-corrected chi connectivity index (χ4v) is 1.83. The summed E-state index contributed by atoms with van der Waals surface area (Å²) in [6.07, 6.45) is 1.66. The average molecular weight is 263 g/mol. The molecule has 3 nitrogen and oxygen atoms in total. The fourth-order valence-electron chi connectivity index (χ4n) is 1.83. The minimum Gasteiger partial charge on any atom is -0.485 e. The number of rotatable bonds is 6. The van der Waals surface area contributed by atoms with Crippen molar-refractivity contribution in [3.63, 3.8) is 0 Å². The predicted octanol–water partition coefficient (Wildman–Crippen LogP) is 3.42. The van der Waals surface area contributed by atoms with Gasteiger partial charge in [-0.15, -0.1) is 0 Å². The Hall–Kier alpha value is -1.81. The van der Waals surface area contributed by atoms with Crippen LogP contribution in [-0.4, -0.2) is 6.54 Å². The normalized spacial score (nSPS) is 10.7. The third-order valence-corrected chi connectivity index (χ3v) is 2.90. The van der Waals surface area contributed by atoms with E-state index in [9.17, 15) is 4.39 Å². The molecular formula is C15H18FNO2. The van der Waals surface area contributed by atoms with Crippen molar-refractivity contribution >= 4 is 0 Å².